The summed E-state index contributed by atoms with van der Waals surface area (Å²) in [6.45, 7) is 0.508. The molecule has 0 fully saturated rings. The molecule has 0 radical (unpaired) electrons. The van der Waals surface area contributed by atoms with Gasteiger partial charge < -0.3 is 9.30 Å². The topological polar surface area (TPSA) is 27.1 Å². The lowest BCUT2D eigenvalue weighted by atomic mass is 10.2. The second kappa shape index (κ2) is 7.59. The number of hydrogen-bond donors (Lipinski definition) is 0. The molecule has 0 unspecified atom stereocenters. The molecular weight excluding hydrogens is 386 g/mol. The molecule has 4 rings (SSSR count). The molecule has 0 saturated heterocycles. The van der Waals surface area contributed by atoms with Crippen LogP contribution < -0.4 is 4.74 Å². The van der Waals surface area contributed by atoms with Crippen molar-refractivity contribution in [2.24, 2.45) is 0 Å². The van der Waals surface area contributed by atoms with Crippen LogP contribution in [-0.4, -0.2) is 9.55 Å². The van der Waals surface area contributed by atoms with Gasteiger partial charge in [0, 0.05) is 15.6 Å². The number of benzene rings is 3. The van der Waals surface area contributed by atoms with Crippen molar-refractivity contribution in [3.63, 3.8) is 0 Å². The molecule has 0 saturated carbocycles. The summed E-state index contributed by atoms with van der Waals surface area (Å²) in [5.74, 6) is 1.03. The normalized spacial score (nSPS) is 11.1. The van der Waals surface area contributed by atoms with Gasteiger partial charge in [0.2, 0.25) is 0 Å². The number of halogens is 3. The first kappa shape index (κ1) is 17.8. The summed E-state index contributed by atoms with van der Waals surface area (Å²) >= 11 is 12.1. The van der Waals surface area contributed by atoms with Crippen molar-refractivity contribution in [1.29, 1.82) is 0 Å². The molecule has 6 heteroatoms. The highest BCUT2D eigenvalue weighted by atomic mass is 35.5. The van der Waals surface area contributed by atoms with Crippen LogP contribution in [-0.2, 0) is 13.2 Å². The van der Waals surface area contributed by atoms with Crippen LogP contribution in [0.25, 0.3) is 11.0 Å². The molecule has 0 amide bonds. The van der Waals surface area contributed by atoms with Crippen LogP contribution in [0.1, 0.15) is 11.4 Å². The fourth-order valence-corrected chi connectivity index (χ4v) is 3.28. The third-order valence-corrected chi connectivity index (χ3v) is 4.90. The quantitative estimate of drug-likeness (QED) is 0.404. The summed E-state index contributed by atoms with van der Waals surface area (Å²) in [7, 11) is 0. The molecule has 27 heavy (non-hydrogen) atoms. The van der Waals surface area contributed by atoms with Gasteiger partial charge in [0.25, 0.3) is 0 Å². The van der Waals surface area contributed by atoms with Crippen LogP contribution in [0.15, 0.2) is 66.7 Å². The molecule has 3 nitrogen and oxygen atoms in total. The first-order chi connectivity index (χ1) is 13.1. The van der Waals surface area contributed by atoms with Crippen molar-refractivity contribution in [2.45, 2.75) is 13.2 Å². The summed E-state index contributed by atoms with van der Waals surface area (Å²) in [5, 5.41) is 1.03. The third kappa shape index (κ3) is 3.77. The monoisotopic (exact) mass is 400 g/mol. The van der Waals surface area contributed by atoms with E-state index < -0.39 is 0 Å². The predicted molar refractivity (Wildman–Crippen MR) is 106 cm³/mol. The first-order valence-electron chi connectivity index (χ1n) is 8.37. The maximum absolute atomic E-state index is 14.3. The second-order valence-electron chi connectivity index (χ2n) is 6.05. The largest absolute Gasteiger partial charge is 0.486 e. The molecular formula is C21H15Cl2FN2O. The van der Waals surface area contributed by atoms with E-state index in [1.807, 2.05) is 28.8 Å². The van der Waals surface area contributed by atoms with Crippen LogP contribution in [0, 0.1) is 5.82 Å². The average molecular weight is 401 g/mol. The van der Waals surface area contributed by atoms with Crippen LogP contribution in [0.4, 0.5) is 4.39 Å². The number of para-hydroxylation sites is 2. The Morgan fingerprint density at radius 1 is 0.926 bits per heavy atom. The van der Waals surface area contributed by atoms with E-state index in [4.69, 9.17) is 27.9 Å². The SMILES string of the molecule is Fc1cccc(Cl)c1Cn1c(COc2ccc(Cl)cc2)nc2ccccc21. The van der Waals surface area contributed by atoms with E-state index >= 15 is 0 Å². The van der Waals surface area contributed by atoms with Gasteiger partial charge in [0.05, 0.1) is 17.6 Å². The Bertz CT molecular complexity index is 1070. The van der Waals surface area contributed by atoms with Crippen molar-refractivity contribution in [1.82, 2.24) is 9.55 Å². The van der Waals surface area contributed by atoms with Crippen LogP contribution >= 0.6 is 23.2 Å². The van der Waals surface area contributed by atoms with E-state index in [9.17, 15) is 4.39 Å². The summed E-state index contributed by atoms with van der Waals surface area (Å²) in [6.07, 6.45) is 0. The highest BCUT2D eigenvalue weighted by Gasteiger charge is 2.15. The number of hydrogen-bond acceptors (Lipinski definition) is 2. The molecule has 0 N–H and O–H groups in total. The zero-order valence-electron chi connectivity index (χ0n) is 14.2. The van der Waals surface area contributed by atoms with Crippen LogP contribution in [0.3, 0.4) is 0 Å². The van der Waals surface area contributed by atoms with Crippen molar-refractivity contribution in [3.05, 3.63) is 94.0 Å². The molecule has 0 bridgehead atoms. The lowest BCUT2D eigenvalue weighted by Gasteiger charge is -2.12. The van der Waals surface area contributed by atoms with Crippen LogP contribution in [0.5, 0.6) is 5.75 Å². The predicted octanol–water partition coefficient (Wildman–Crippen LogP) is 6.11. The van der Waals surface area contributed by atoms with Gasteiger partial charge >= 0.3 is 0 Å². The number of rotatable bonds is 5. The Morgan fingerprint density at radius 3 is 2.48 bits per heavy atom. The highest BCUT2D eigenvalue weighted by Crippen LogP contribution is 2.25. The molecule has 0 aliphatic carbocycles. The van der Waals surface area contributed by atoms with E-state index in [1.54, 1.807) is 36.4 Å². The molecule has 1 heterocycles. The van der Waals surface area contributed by atoms with Gasteiger partial charge in [-0.3, -0.25) is 0 Å². The van der Waals surface area contributed by atoms with Gasteiger partial charge in [-0.05, 0) is 48.5 Å². The third-order valence-electron chi connectivity index (χ3n) is 4.29. The lowest BCUT2D eigenvalue weighted by molar-refractivity contribution is 0.291. The summed E-state index contributed by atoms with van der Waals surface area (Å²) in [6, 6.07) is 19.5. The Morgan fingerprint density at radius 2 is 1.70 bits per heavy atom. The van der Waals surface area contributed by atoms with Crippen molar-refractivity contribution < 1.29 is 9.13 Å². The summed E-state index contributed by atoms with van der Waals surface area (Å²) < 4.78 is 22.1. The summed E-state index contributed by atoms with van der Waals surface area (Å²) in [4.78, 5) is 4.65. The van der Waals surface area contributed by atoms with Gasteiger partial charge in [0.1, 0.15) is 24.0 Å². The number of aromatic nitrogens is 2. The van der Waals surface area contributed by atoms with E-state index in [-0.39, 0.29) is 19.0 Å². The lowest BCUT2D eigenvalue weighted by Crippen LogP contribution is -2.10. The molecule has 0 aliphatic heterocycles. The Hall–Kier alpha value is -2.56. The highest BCUT2D eigenvalue weighted by molar-refractivity contribution is 6.31. The second-order valence-corrected chi connectivity index (χ2v) is 6.89. The number of fused-ring (bicyclic) bond motifs is 1. The van der Waals surface area contributed by atoms with Gasteiger partial charge in [-0.2, -0.15) is 0 Å². The fraction of sp³-hybridized carbons (Fsp3) is 0.0952. The first-order valence-corrected chi connectivity index (χ1v) is 9.13. The summed E-state index contributed by atoms with van der Waals surface area (Å²) in [5.41, 5.74) is 2.14. The molecule has 0 aliphatic rings. The van der Waals surface area contributed by atoms with Gasteiger partial charge in [-0.25, -0.2) is 9.37 Å². The minimum atomic E-state index is -0.343. The maximum Gasteiger partial charge on any atom is 0.148 e. The Balaban J connectivity index is 1.70. The smallest absolute Gasteiger partial charge is 0.148 e. The maximum atomic E-state index is 14.3. The fourth-order valence-electron chi connectivity index (χ4n) is 2.93. The molecule has 136 valence electrons. The van der Waals surface area contributed by atoms with E-state index in [0.717, 1.165) is 11.0 Å². The zero-order chi connectivity index (χ0) is 18.8. The van der Waals surface area contributed by atoms with E-state index in [1.165, 1.54) is 6.07 Å². The molecule has 0 atom stereocenters. The van der Waals surface area contributed by atoms with Gasteiger partial charge in [-0.1, -0.05) is 41.4 Å². The number of nitrogens with zero attached hydrogens (tertiary/aromatic N) is 2. The zero-order valence-corrected chi connectivity index (χ0v) is 15.7. The number of ether oxygens (including phenoxy) is 1. The standard InChI is InChI=1S/C21H15Cl2FN2O/c22-14-8-10-15(11-9-14)27-13-21-25-19-6-1-2-7-20(19)26(21)12-16-17(23)4-3-5-18(16)24/h1-11H,12-13H2. The van der Waals surface area contributed by atoms with Gasteiger partial charge in [0.15, 0.2) is 0 Å². The minimum absolute atomic E-state index is 0.238. The molecule has 0 spiro atoms. The Labute approximate surface area is 165 Å². The molecule has 1 aromatic heterocycles. The van der Waals surface area contributed by atoms with E-state index in [2.05, 4.69) is 4.98 Å². The van der Waals surface area contributed by atoms with Crippen molar-refractivity contribution in [3.8, 4) is 5.75 Å². The minimum Gasteiger partial charge on any atom is -0.486 e. The van der Waals surface area contributed by atoms with Crippen LogP contribution in [0.2, 0.25) is 10.0 Å². The average Bonchev–Trinajstić information content (AvgIpc) is 3.02. The van der Waals surface area contributed by atoms with Crippen molar-refractivity contribution >= 4 is 34.2 Å². The number of imidazole rings is 1. The Kier molecular flexibility index (Phi) is 5.01. The van der Waals surface area contributed by atoms with Gasteiger partial charge in [-0.15, -0.1) is 0 Å². The van der Waals surface area contributed by atoms with E-state index in [0.29, 0.717) is 27.2 Å². The molecule has 3 aromatic carbocycles. The van der Waals surface area contributed by atoms with Crippen molar-refractivity contribution in [2.75, 3.05) is 0 Å². The molecule has 4 aromatic rings.